The van der Waals surface area contributed by atoms with E-state index in [9.17, 15) is 0 Å². The molecule has 3 heteroatoms. The number of hydrogen-bond acceptors (Lipinski definition) is 3. The summed E-state index contributed by atoms with van der Waals surface area (Å²) in [6.07, 6.45) is 1.72. The minimum absolute atomic E-state index is 0.334. The second-order valence-electron chi connectivity index (χ2n) is 2.52. The first kappa shape index (κ1) is 8.01. The quantitative estimate of drug-likeness (QED) is 0.661. The lowest BCUT2D eigenvalue weighted by molar-refractivity contribution is 0.652. The largest absolute Gasteiger partial charge is 0.384 e. The summed E-state index contributed by atoms with van der Waals surface area (Å²) in [5.41, 5.74) is 6.68. The Balaban J connectivity index is 2.86. The number of nitrogens with one attached hydrogen (secondary N) is 1. The van der Waals surface area contributed by atoms with Crippen molar-refractivity contribution in [3.63, 3.8) is 0 Å². The van der Waals surface area contributed by atoms with Gasteiger partial charge in [-0.2, -0.15) is 0 Å². The van der Waals surface area contributed by atoms with Gasteiger partial charge in [-0.05, 0) is 31.7 Å². The third-order valence-electron chi connectivity index (χ3n) is 1.74. The number of pyridine rings is 1. The van der Waals surface area contributed by atoms with Gasteiger partial charge in [-0.1, -0.05) is 0 Å². The average molecular weight is 151 g/mol. The van der Waals surface area contributed by atoms with Crippen LogP contribution in [-0.4, -0.2) is 12.0 Å². The van der Waals surface area contributed by atoms with Crippen molar-refractivity contribution in [3.05, 3.63) is 23.9 Å². The summed E-state index contributed by atoms with van der Waals surface area (Å²) in [5.74, 6) is 0.574. The predicted octanol–water partition coefficient (Wildman–Crippen LogP) is 0.944. The van der Waals surface area contributed by atoms with E-state index in [1.54, 1.807) is 6.20 Å². The Kier molecular flexibility index (Phi) is 2.44. The lowest BCUT2D eigenvalue weighted by atomic mass is 10.1. The first-order valence-corrected chi connectivity index (χ1v) is 3.62. The summed E-state index contributed by atoms with van der Waals surface area (Å²) in [6.45, 7) is 2.08. The van der Waals surface area contributed by atoms with Crippen molar-refractivity contribution in [2.24, 2.45) is 0 Å². The fourth-order valence-corrected chi connectivity index (χ4v) is 0.902. The Morgan fingerprint density at radius 2 is 2.36 bits per heavy atom. The maximum absolute atomic E-state index is 5.51. The molecule has 1 aromatic heterocycles. The van der Waals surface area contributed by atoms with Crippen molar-refractivity contribution in [3.8, 4) is 0 Å². The van der Waals surface area contributed by atoms with Crippen LogP contribution in [0, 0.1) is 0 Å². The van der Waals surface area contributed by atoms with Gasteiger partial charge >= 0.3 is 0 Å². The first-order chi connectivity index (χ1) is 5.24. The molecule has 1 atom stereocenters. The molecule has 1 rings (SSSR count). The molecule has 1 aromatic rings. The smallest absolute Gasteiger partial charge is 0.123 e. The monoisotopic (exact) mass is 151 g/mol. The molecule has 1 unspecified atom stereocenters. The van der Waals surface area contributed by atoms with Crippen LogP contribution < -0.4 is 11.1 Å². The van der Waals surface area contributed by atoms with Crippen LogP contribution in [-0.2, 0) is 0 Å². The molecule has 3 N–H and O–H groups in total. The molecule has 0 aromatic carbocycles. The molecule has 0 aliphatic carbocycles. The van der Waals surface area contributed by atoms with Crippen LogP contribution in [0.3, 0.4) is 0 Å². The average Bonchev–Trinajstić information content (AvgIpc) is 2.03. The maximum Gasteiger partial charge on any atom is 0.123 e. The van der Waals surface area contributed by atoms with Gasteiger partial charge in [0.25, 0.3) is 0 Å². The summed E-state index contributed by atoms with van der Waals surface area (Å²) in [7, 11) is 1.92. The van der Waals surface area contributed by atoms with Gasteiger partial charge in [0.05, 0.1) is 0 Å². The molecule has 3 nitrogen and oxygen atoms in total. The number of aromatic nitrogens is 1. The van der Waals surface area contributed by atoms with E-state index in [1.807, 2.05) is 19.2 Å². The topological polar surface area (TPSA) is 50.9 Å². The van der Waals surface area contributed by atoms with Gasteiger partial charge in [0.15, 0.2) is 0 Å². The number of anilines is 1. The third-order valence-corrected chi connectivity index (χ3v) is 1.74. The van der Waals surface area contributed by atoms with Crippen LogP contribution >= 0.6 is 0 Å². The van der Waals surface area contributed by atoms with Gasteiger partial charge in [0.2, 0.25) is 0 Å². The standard InChI is InChI=1S/C8H13N3/c1-6(10-2)7-3-4-11-8(9)5-7/h3-6,10H,1-2H3,(H2,9,11). The third kappa shape index (κ3) is 1.91. The molecule has 60 valence electrons. The number of rotatable bonds is 2. The number of nitrogens with two attached hydrogens (primary N) is 1. The summed E-state index contributed by atoms with van der Waals surface area (Å²) in [5, 5.41) is 3.13. The van der Waals surface area contributed by atoms with Crippen molar-refractivity contribution < 1.29 is 0 Å². The first-order valence-electron chi connectivity index (χ1n) is 3.62. The van der Waals surface area contributed by atoms with E-state index in [-0.39, 0.29) is 0 Å². The molecule has 11 heavy (non-hydrogen) atoms. The molecule has 0 saturated heterocycles. The molecular formula is C8H13N3. The van der Waals surface area contributed by atoms with Crippen LogP contribution in [0.25, 0.3) is 0 Å². The zero-order valence-electron chi connectivity index (χ0n) is 6.83. The summed E-state index contributed by atoms with van der Waals surface area (Å²) in [4.78, 5) is 3.91. The van der Waals surface area contributed by atoms with Gasteiger partial charge in [0.1, 0.15) is 5.82 Å². The molecular weight excluding hydrogens is 138 g/mol. The number of nitrogen functional groups attached to an aromatic ring is 1. The van der Waals surface area contributed by atoms with Crippen molar-refractivity contribution in [2.45, 2.75) is 13.0 Å². The summed E-state index contributed by atoms with van der Waals surface area (Å²) in [6, 6.07) is 4.17. The van der Waals surface area contributed by atoms with E-state index >= 15 is 0 Å². The van der Waals surface area contributed by atoms with E-state index in [2.05, 4.69) is 17.2 Å². The Labute approximate surface area is 66.6 Å². The molecule has 0 spiro atoms. The SMILES string of the molecule is CNC(C)c1ccnc(N)c1. The van der Waals surface area contributed by atoms with E-state index in [0.717, 1.165) is 0 Å². The Morgan fingerprint density at radius 3 is 2.91 bits per heavy atom. The highest BCUT2D eigenvalue weighted by Gasteiger charge is 2.01. The van der Waals surface area contributed by atoms with Crippen molar-refractivity contribution in [1.29, 1.82) is 0 Å². The summed E-state index contributed by atoms with van der Waals surface area (Å²) >= 11 is 0. The maximum atomic E-state index is 5.51. The fourth-order valence-electron chi connectivity index (χ4n) is 0.902. The normalized spacial score (nSPS) is 12.9. The number of nitrogens with zero attached hydrogens (tertiary/aromatic N) is 1. The lowest BCUT2D eigenvalue weighted by Crippen LogP contribution is -2.12. The van der Waals surface area contributed by atoms with Crippen LogP contribution in [0.15, 0.2) is 18.3 Å². The van der Waals surface area contributed by atoms with E-state index < -0.39 is 0 Å². The Bertz CT molecular complexity index is 235. The van der Waals surface area contributed by atoms with Crippen LogP contribution in [0.5, 0.6) is 0 Å². The van der Waals surface area contributed by atoms with Gasteiger partial charge in [-0.3, -0.25) is 0 Å². The van der Waals surface area contributed by atoms with E-state index in [4.69, 9.17) is 5.73 Å². The molecule has 0 aliphatic rings. The van der Waals surface area contributed by atoms with Crippen LogP contribution in [0.1, 0.15) is 18.5 Å². The lowest BCUT2D eigenvalue weighted by Gasteiger charge is -2.09. The summed E-state index contributed by atoms with van der Waals surface area (Å²) < 4.78 is 0. The van der Waals surface area contributed by atoms with Gasteiger partial charge in [-0.25, -0.2) is 4.98 Å². The molecule has 0 radical (unpaired) electrons. The van der Waals surface area contributed by atoms with Gasteiger partial charge < -0.3 is 11.1 Å². The van der Waals surface area contributed by atoms with E-state index in [1.165, 1.54) is 5.56 Å². The molecule has 0 bridgehead atoms. The second kappa shape index (κ2) is 3.34. The zero-order valence-corrected chi connectivity index (χ0v) is 6.83. The molecule has 1 heterocycles. The van der Waals surface area contributed by atoms with Gasteiger partial charge in [0, 0.05) is 12.2 Å². The molecule has 0 amide bonds. The fraction of sp³-hybridized carbons (Fsp3) is 0.375. The van der Waals surface area contributed by atoms with Crippen LogP contribution in [0.4, 0.5) is 5.82 Å². The molecule has 0 aliphatic heterocycles. The minimum atomic E-state index is 0.334. The Morgan fingerprint density at radius 1 is 1.64 bits per heavy atom. The zero-order chi connectivity index (χ0) is 8.27. The van der Waals surface area contributed by atoms with Gasteiger partial charge in [-0.15, -0.1) is 0 Å². The number of hydrogen-bond donors (Lipinski definition) is 2. The second-order valence-corrected chi connectivity index (χ2v) is 2.52. The van der Waals surface area contributed by atoms with Crippen molar-refractivity contribution in [1.82, 2.24) is 10.3 Å². The molecule has 0 fully saturated rings. The minimum Gasteiger partial charge on any atom is -0.384 e. The van der Waals surface area contributed by atoms with Crippen LogP contribution in [0.2, 0.25) is 0 Å². The highest BCUT2D eigenvalue weighted by atomic mass is 14.9. The molecule has 0 saturated carbocycles. The van der Waals surface area contributed by atoms with Crippen molar-refractivity contribution >= 4 is 5.82 Å². The highest BCUT2D eigenvalue weighted by molar-refractivity contribution is 5.33. The predicted molar refractivity (Wildman–Crippen MR) is 46.1 cm³/mol. The highest BCUT2D eigenvalue weighted by Crippen LogP contribution is 2.11. The van der Waals surface area contributed by atoms with E-state index in [0.29, 0.717) is 11.9 Å². The van der Waals surface area contributed by atoms with Crippen molar-refractivity contribution in [2.75, 3.05) is 12.8 Å². The Hall–Kier alpha value is -1.09.